The Bertz CT molecular complexity index is 527. The Kier molecular flexibility index (Phi) is 6.28. The van der Waals surface area contributed by atoms with Gasteiger partial charge in [0, 0.05) is 38.3 Å². The van der Waals surface area contributed by atoms with E-state index >= 15 is 0 Å². The van der Waals surface area contributed by atoms with Crippen LogP contribution in [0.2, 0.25) is 0 Å². The lowest BCUT2D eigenvalue weighted by atomic mass is 10.1. The predicted octanol–water partition coefficient (Wildman–Crippen LogP) is 0.822. The van der Waals surface area contributed by atoms with E-state index in [1.165, 1.54) is 12.1 Å². The molecule has 1 atom stereocenters. The number of nitrogens with zero attached hydrogens (tertiary/aromatic N) is 3. The molecule has 1 aromatic rings. The number of likely N-dealkylation sites (N-methyl/N-ethyl adjacent to an activating group) is 1. The van der Waals surface area contributed by atoms with Crippen molar-refractivity contribution in [3.8, 4) is 6.07 Å². The molecule has 0 amide bonds. The molecule has 22 heavy (non-hydrogen) atoms. The predicted molar refractivity (Wildman–Crippen MR) is 80.7 cm³/mol. The molecular weight excluding hydrogens is 285 g/mol. The molecule has 1 N–H and O–H groups in total. The molecule has 0 aromatic heterocycles. The number of β-amino-alcohol motifs (C(OH)–C–C–N with tert-alkyl or cyclic N) is 1. The number of ether oxygens (including phenoxy) is 1. The maximum atomic E-state index is 13.8. The van der Waals surface area contributed by atoms with Crippen LogP contribution in [0.1, 0.15) is 11.1 Å². The summed E-state index contributed by atoms with van der Waals surface area (Å²) in [5.41, 5.74) is 0.916. The van der Waals surface area contributed by atoms with Crippen molar-refractivity contribution < 1.29 is 14.2 Å². The molecule has 1 heterocycles. The summed E-state index contributed by atoms with van der Waals surface area (Å²) in [6.45, 7) is 4.48. The molecular formula is C16H22FN3O2. The number of hydrogen-bond donors (Lipinski definition) is 1. The highest BCUT2D eigenvalue weighted by Crippen LogP contribution is 2.12. The van der Waals surface area contributed by atoms with Gasteiger partial charge in [0.2, 0.25) is 0 Å². The third kappa shape index (κ3) is 5.04. The lowest BCUT2D eigenvalue weighted by molar-refractivity contribution is 0.00819. The minimum absolute atomic E-state index is 0.325. The highest BCUT2D eigenvalue weighted by atomic mass is 19.1. The number of morpholine rings is 1. The molecule has 6 heteroatoms. The highest BCUT2D eigenvalue weighted by Gasteiger charge is 2.17. The fourth-order valence-electron chi connectivity index (χ4n) is 2.62. The molecule has 120 valence electrons. The minimum Gasteiger partial charge on any atom is -0.390 e. The van der Waals surface area contributed by atoms with Gasteiger partial charge in [-0.3, -0.25) is 9.80 Å². The van der Waals surface area contributed by atoms with Crippen LogP contribution in [-0.2, 0) is 11.3 Å². The number of hydrogen-bond acceptors (Lipinski definition) is 5. The molecule has 0 bridgehead atoms. The standard InChI is InChI=1S/C16H22FN3O2/c1-19(10-14-8-13(9-18)2-3-16(14)17)11-15(21)12-20-4-6-22-7-5-20/h2-3,8,15,21H,4-7,10-12H2,1H3. The van der Waals surface area contributed by atoms with Crippen LogP contribution in [0.15, 0.2) is 18.2 Å². The van der Waals surface area contributed by atoms with Crippen molar-refractivity contribution in [2.75, 3.05) is 46.4 Å². The maximum absolute atomic E-state index is 13.8. The van der Waals surface area contributed by atoms with Crippen LogP contribution in [0.25, 0.3) is 0 Å². The van der Waals surface area contributed by atoms with E-state index in [0.717, 1.165) is 13.1 Å². The average molecular weight is 307 g/mol. The fraction of sp³-hybridized carbons (Fsp3) is 0.562. The normalized spacial score (nSPS) is 17.4. The van der Waals surface area contributed by atoms with Gasteiger partial charge < -0.3 is 9.84 Å². The van der Waals surface area contributed by atoms with Crippen molar-refractivity contribution in [2.45, 2.75) is 12.6 Å². The van der Waals surface area contributed by atoms with E-state index in [1.54, 1.807) is 6.07 Å². The van der Waals surface area contributed by atoms with Crippen molar-refractivity contribution in [3.63, 3.8) is 0 Å². The first-order chi connectivity index (χ1) is 10.6. The van der Waals surface area contributed by atoms with Crippen molar-refractivity contribution in [3.05, 3.63) is 35.1 Å². The van der Waals surface area contributed by atoms with E-state index in [0.29, 0.717) is 44.0 Å². The van der Waals surface area contributed by atoms with Gasteiger partial charge in [0.1, 0.15) is 5.82 Å². The first-order valence-electron chi connectivity index (χ1n) is 7.43. The van der Waals surface area contributed by atoms with E-state index in [4.69, 9.17) is 10.00 Å². The van der Waals surface area contributed by atoms with Gasteiger partial charge in [-0.15, -0.1) is 0 Å². The summed E-state index contributed by atoms with van der Waals surface area (Å²) in [5.74, 6) is -0.325. The van der Waals surface area contributed by atoms with E-state index in [9.17, 15) is 9.50 Å². The van der Waals surface area contributed by atoms with Crippen LogP contribution in [0.4, 0.5) is 4.39 Å². The number of nitriles is 1. The summed E-state index contributed by atoms with van der Waals surface area (Å²) in [4.78, 5) is 4.03. The molecule has 1 unspecified atom stereocenters. The van der Waals surface area contributed by atoms with E-state index in [-0.39, 0.29) is 5.82 Å². The Morgan fingerprint density at radius 3 is 2.86 bits per heavy atom. The summed E-state index contributed by atoms with van der Waals surface area (Å²) < 4.78 is 19.0. The van der Waals surface area contributed by atoms with Gasteiger partial charge in [0.25, 0.3) is 0 Å². The van der Waals surface area contributed by atoms with Crippen LogP contribution < -0.4 is 0 Å². The zero-order chi connectivity index (χ0) is 15.9. The van der Waals surface area contributed by atoms with Crippen LogP contribution in [-0.4, -0.2) is 67.5 Å². The van der Waals surface area contributed by atoms with Gasteiger partial charge in [-0.05, 0) is 25.2 Å². The SMILES string of the molecule is CN(Cc1cc(C#N)ccc1F)CC(O)CN1CCOCC1. The van der Waals surface area contributed by atoms with Gasteiger partial charge in [-0.2, -0.15) is 5.26 Å². The summed E-state index contributed by atoms with van der Waals surface area (Å²) in [7, 11) is 1.83. The second-order valence-corrected chi connectivity index (χ2v) is 5.68. The molecule has 0 aliphatic carbocycles. The van der Waals surface area contributed by atoms with E-state index in [2.05, 4.69) is 4.90 Å². The third-order valence-corrected chi connectivity index (χ3v) is 3.71. The van der Waals surface area contributed by atoms with Gasteiger partial charge in [-0.25, -0.2) is 4.39 Å². The Labute approximate surface area is 130 Å². The van der Waals surface area contributed by atoms with E-state index < -0.39 is 6.10 Å². The quantitative estimate of drug-likeness (QED) is 0.843. The second kappa shape index (κ2) is 8.20. The molecule has 5 nitrogen and oxygen atoms in total. The van der Waals surface area contributed by atoms with E-state index in [1.807, 2.05) is 18.0 Å². The lowest BCUT2D eigenvalue weighted by Crippen LogP contribution is -2.44. The van der Waals surface area contributed by atoms with Gasteiger partial charge in [-0.1, -0.05) is 0 Å². The Morgan fingerprint density at radius 1 is 1.45 bits per heavy atom. The zero-order valence-electron chi connectivity index (χ0n) is 12.8. The molecule has 1 aliphatic heterocycles. The van der Waals surface area contributed by atoms with Crippen molar-refractivity contribution in [1.29, 1.82) is 5.26 Å². The smallest absolute Gasteiger partial charge is 0.127 e. The Hall–Kier alpha value is -1.52. The van der Waals surface area contributed by atoms with Crippen LogP contribution in [0.3, 0.4) is 0 Å². The van der Waals surface area contributed by atoms with Crippen molar-refractivity contribution in [2.24, 2.45) is 0 Å². The molecule has 0 spiro atoms. The lowest BCUT2D eigenvalue weighted by Gasteiger charge is -2.30. The molecule has 1 fully saturated rings. The van der Waals surface area contributed by atoms with Crippen molar-refractivity contribution >= 4 is 0 Å². The minimum atomic E-state index is -0.495. The molecule has 1 aliphatic rings. The molecule has 1 saturated heterocycles. The van der Waals surface area contributed by atoms with Crippen LogP contribution >= 0.6 is 0 Å². The monoisotopic (exact) mass is 307 g/mol. The second-order valence-electron chi connectivity index (χ2n) is 5.68. The number of aliphatic hydroxyl groups excluding tert-OH is 1. The van der Waals surface area contributed by atoms with Crippen LogP contribution in [0.5, 0.6) is 0 Å². The van der Waals surface area contributed by atoms with Crippen molar-refractivity contribution in [1.82, 2.24) is 9.80 Å². The summed E-state index contributed by atoms with van der Waals surface area (Å²) in [6.07, 6.45) is -0.495. The largest absolute Gasteiger partial charge is 0.390 e. The zero-order valence-corrected chi connectivity index (χ0v) is 12.8. The summed E-state index contributed by atoms with van der Waals surface area (Å²) in [5, 5.41) is 19.0. The fourth-order valence-corrected chi connectivity index (χ4v) is 2.62. The number of benzene rings is 1. The Balaban J connectivity index is 1.84. The first-order valence-corrected chi connectivity index (χ1v) is 7.43. The number of rotatable bonds is 6. The molecule has 2 rings (SSSR count). The molecule has 1 aromatic carbocycles. The number of halogens is 1. The van der Waals surface area contributed by atoms with Crippen LogP contribution in [0, 0.1) is 17.1 Å². The van der Waals surface area contributed by atoms with Gasteiger partial charge in [0.05, 0.1) is 31.0 Å². The summed E-state index contributed by atoms with van der Waals surface area (Å²) in [6, 6.07) is 6.34. The average Bonchev–Trinajstić information content (AvgIpc) is 2.50. The highest BCUT2D eigenvalue weighted by molar-refractivity contribution is 5.33. The topological polar surface area (TPSA) is 59.7 Å². The molecule has 0 radical (unpaired) electrons. The molecule has 0 saturated carbocycles. The first kappa shape index (κ1) is 16.8. The van der Waals surface area contributed by atoms with Gasteiger partial charge in [0.15, 0.2) is 0 Å². The Morgan fingerprint density at radius 2 is 2.18 bits per heavy atom. The summed E-state index contributed by atoms with van der Waals surface area (Å²) >= 11 is 0. The number of aliphatic hydroxyl groups is 1. The van der Waals surface area contributed by atoms with Gasteiger partial charge >= 0.3 is 0 Å². The maximum Gasteiger partial charge on any atom is 0.127 e. The third-order valence-electron chi connectivity index (χ3n) is 3.71.